The maximum absolute atomic E-state index is 12.8. The summed E-state index contributed by atoms with van der Waals surface area (Å²) < 4.78 is 0. The molecule has 0 fully saturated rings. The number of aryl methyl sites for hydroxylation is 2. The molecule has 0 aromatic heterocycles. The number of fused-ring (bicyclic) bond motifs is 2. The van der Waals surface area contributed by atoms with Gasteiger partial charge in [-0.15, -0.1) is 0 Å². The van der Waals surface area contributed by atoms with Crippen LogP contribution in [0.1, 0.15) is 62.7 Å². The average molecular weight is 367 g/mol. The van der Waals surface area contributed by atoms with Crippen molar-refractivity contribution in [2.75, 3.05) is 0 Å². The maximum Gasteiger partial charge on any atom is 0.335 e. The van der Waals surface area contributed by atoms with Crippen molar-refractivity contribution in [3.63, 3.8) is 0 Å². The largest absolute Gasteiger partial charge is 0.478 e. The number of nitrogens with two attached hydrogens (primary N) is 1. The molecule has 2 aromatic rings. The van der Waals surface area contributed by atoms with E-state index in [-0.39, 0.29) is 11.1 Å². The molecule has 4 N–H and O–H groups in total. The molecule has 6 heteroatoms. The zero-order chi connectivity index (χ0) is 19.8. The van der Waals surface area contributed by atoms with E-state index in [1.165, 1.54) is 12.1 Å². The fourth-order valence-electron chi connectivity index (χ4n) is 4.15. The molecule has 0 bridgehead atoms. The van der Waals surface area contributed by atoms with Crippen molar-refractivity contribution in [3.8, 4) is 0 Å². The summed E-state index contributed by atoms with van der Waals surface area (Å²) in [5, 5.41) is 18.6. The van der Waals surface area contributed by atoms with E-state index in [0.29, 0.717) is 36.8 Å². The Labute approximate surface area is 156 Å². The van der Waals surface area contributed by atoms with E-state index in [9.17, 15) is 24.6 Å². The summed E-state index contributed by atoms with van der Waals surface area (Å²) in [5.74, 6) is -2.58. The number of amides is 1. The van der Waals surface area contributed by atoms with Crippen LogP contribution in [0.4, 0.5) is 0 Å². The first kappa shape index (κ1) is 18.6. The summed E-state index contributed by atoms with van der Waals surface area (Å²) in [6.07, 6.45) is 2.15. The van der Waals surface area contributed by atoms with Crippen LogP contribution in [0.3, 0.4) is 0 Å². The van der Waals surface area contributed by atoms with E-state index < -0.39 is 23.3 Å². The highest BCUT2D eigenvalue weighted by molar-refractivity contribution is 5.94. The fraction of sp³-hybridized carbons (Fsp3) is 0.286. The molecule has 1 aliphatic rings. The number of carbonyl (C=O) groups excluding carboxylic acids is 1. The Morgan fingerprint density at radius 3 is 1.70 bits per heavy atom. The SMILES string of the molecule is CCCC1(C(N)=O)c2ccc(C(=O)O)cc2CCc2cc(C(=O)O)ccc21. The van der Waals surface area contributed by atoms with Crippen molar-refractivity contribution in [3.05, 3.63) is 69.8 Å². The van der Waals surface area contributed by atoms with E-state index in [0.717, 1.165) is 11.1 Å². The highest BCUT2D eigenvalue weighted by Crippen LogP contribution is 2.43. The molecule has 2 aromatic carbocycles. The second kappa shape index (κ2) is 6.87. The average Bonchev–Trinajstić information content (AvgIpc) is 2.77. The number of rotatable bonds is 5. The number of benzene rings is 2. The molecule has 0 aliphatic heterocycles. The van der Waals surface area contributed by atoms with Gasteiger partial charge in [-0.3, -0.25) is 4.79 Å². The van der Waals surface area contributed by atoms with Crippen LogP contribution < -0.4 is 5.73 Å². The van der Waals surface area contributed by atoms with Gasteiger partial charge < -0.3 is 15.9 Å². The number of aromatic carboxylic acids is 2. The van der Waals surface area contributed by atoms with E-state index in [1.54, 1.807) is 24.3 Å². The predicted octanol–water partition coefficient (Wildman–Crippen LogP) is 2.75. The van der Waals surface area contributed by atoms with Gasteiger partial charge in [0.25, 0.3) is 0 Å². The number of carbonyl (C=O) groups is 3. The Bertz CT molecular complexity index is 882. The Morgan fingerprint density at radius 1 is 0.926 bits per heavy atom. The third kappa shape index (κ3) is 2.97. The van der Waals surface area contributed by atoms with Crippen LogP contribution in [-0.2, 0) is 23.1 Å². The van der Waals surface area contributed by atoms with Gasteiger partial charge in [0.15, 0.2) is 0 Å². The molecule has 0 saturated carbocycles. The highest BCUT2D eigenvalue weighted by atomic mass is 16.4. The molecule has 0 atom stereocenters. The summed E-state index contributed by atoms with van der Waals surface area (Å²) in [4.78, 5) is 35.5. The second-order valence-corrected chi connectivity index (χ2v) is 6.87. The highest BCUT2D eigenvalue weighted by Gasteiger charge is 2.44. The van der Waals surface area contributed by atoms with Crippen molar-refractivity contribution >= 4 is 17.8 Å². The molecule has 140 valence electrons. The van der Waals surface area contributed by atoms with Gasteiger partial charge in [0.1, 0.15) is 0 Å². The van der Waals surface area contributed by atoms with Crippen molar-refractivity contribution < 1.29 is 24.6 Å². The molecule has 1 amide bonds. The lowest BCUT2D eigenvalue weighted by Gasteiger charge is -2.33. The summed E-state index contributed by atoms with van der Waals surface area (Å²) in [6.45, 7) is 1.95. The normalized spacial score (nSPS) is 14.6. The molecule has 0 spiro atoms. The van der Waals surface area contributed by atoms with Gasteiger partial charge in [-0.2, -0.15) is 0 Å². The van der Waals surface area contributed by atoms with Crippen molar-refractivity contribution in [2.24, 2.45) is 5.73 Å². The second-order valence-electron chi connectivity index (χ2n) is 6.87. The molecule has 0 heterocycles. The van der Waals surface area contributed by atoms with Crippen LogP contribution in [0.25, 0.3) is 0 Å². The van der Waals surface area contributed by atoms with Crippen LogP contribution in [0, 0.1) is 0 Å². The summed E-state index contributed by atoms with van der Waals surface area (Å²) in [7, 11) is 0. The predicted molar refractivity (Wildman–Crippen MR) is 99.1 cm³/mol. The summed E-state index contributed by atoms with van der Waals surface area (Å²) in [5.41, 5.74) is 8.05. The third-order valence-electron chi connectivity index (χ3n) is 5.33. The first-order valence-electron chi connectivity index (χ1n) is 8.84. The Morgan fingerprint density at radius 2 is 1.37 bits per heavy atom. The topological polar surface area (TPSA) is 118 Å². The van der Waals surface area contributed by atoms with Crippen LogP contribution >= 0.6 is 0 Å². The standard InChI is InChI=1S/C21H21NO5/c1-2-9-21(20(22)27)16-7-5-14(18(23)24)10-12(16)3-4-13-11-15(19(25)26)6-8-17(13)21/h5-8,10-11H,2-4,9H2,1H3,(H2,22,27)(H,23,24)(H,25,26). The van der Waals surface area contributed by atoms with E-state index in [4.69, 9.17) is 5.73 Å². The quantitative estimate of drug-likeness (QED) is 0.751. The van der Waals surface area contributed by atoms with Crippen molar-refractivity contribution in [1.82, 2.24) is 0 Å². The molecule has 27 heavy (non-hydrogen) atoms. The van der Waals surface area contributed by atoms with Gasteiger partial charge in [-0.1, -0.05) is 25.5 Å². The van der Waals surface area contributed by atoms with Gasteiger partial charge >= 0.3 is 11.9 Å². The number of hydrogen-bond acceptors (Lipinski definition) is 3. The number of carboxylic acids is 2. The molecule has 1 aliphatic carbocycles. The molecule has 3 rings (SSSR count). The van der Waals surface area contributed by atoms with Gasteiger partial charge in [0.05, 0.1) is 16.5 Å². The first-order valence-corrected chi connectivity index (χ1v) is 8.84. The Hall–Kier alpha value is -3.15. The first-order chi connectivity index (χ1) is 12.8. The van der Waals surface area contributed by atoms with Gasteiger partial charge in [-0.05, 0) is 65.8 Å². The van der Waals surface area contributed by atoms with Gasteiger partial charge in [0.2, 0.25) is 5.91 Å². The molecule has 0 radical (unpaired) electrons. The van der Waals surface area contributed by atoms with E-state index >= 15 is 0 Å². The zero-order valence-corrected chi connectivity index (χ0v) is 15.0. The van der Waals surface area contributed by atoms with Crippen LogP contribution in [0.2, 0.25) is 0 Å². The summed E-state index contributed by atoms with van der Waals surface area (Å²) in [6, 6.07) is 9.53. The van der Waals surface area contributed by atoms with Gasteiger partial charge in [0, 0.05) is 0 Å². The molecule has 0 unspecified atom stereocenters. The lowest BCUT2D eigenvalue weighted by Crippen LogP contribution is -2.43. The van der Waals surface area contributed by atoms with Crippen molar-refractivity contribution in [1.29, 1.82) is 0 Å². The number of primary amides is 1. The lowest BCUT2D eigenvalue weighted by molar-refractivity contribution is -0.122. The third-order valence-corrected chi connectivity index (χ3v) is 5.33. The van der Waals surface area contributed by atoms with Crippen LogP contribution in [0.15, 0.2) is 36.4 Å². The molecule has 6 nitrogen and oxygen atoms in total. The fourth-order valence-corrected chi connectivity index (χ4v) is 4.15. The van der Waals surface area contributed by atoms with E-state index in [2.05, 4.69) is 0 Å². The van der Waals surface area contributed by atoms with Crippen LogP contribution in [0.5, 0.6) is 0 Å². The van der Waals surface area contributed by atoms with E-state index in [1.807, 2.05) is 6.92 Å². The molecular weight excluding hydrogens is 346 g/mol. The zero-order valence-electron chi connectivity index (χ0n) is 15.0. The minimum atomic E-state index is -1.11. The Balaban J connectivity index is 2.33. The Kier molecular flexibility index (Phi) is 4.74. The molecule has 0 saturated heterocycles. The lowest BCUT2D eigenvalue weighted by atomic mass is 9.68. The van der Waals surface area contributed by atoms with Crippen molar-refractivity contribution in [2.45, 2.75) is 38.0 Å². The minimum absolute atomic E-state index is 0.154. The smallest absolute Gasteiger partial charge is 0.335 e. The monoisotopic (exact) mass is 367 g/mol. The maximum atomic E-state index is 12.8. The minimum Gasteiger partial charge on any atom is -0.478 e. The van der Waals surface area contributed by atoms with Crippen LogP contribution in [-0.4, -0.2) is 28.1 Å². The number of carboxylic acid groups (broad SMARTS) is 2. The van der Waals surface area contributed by atoms with Gasteiger partial charge in [-0.25, -0.2) is 9.59 Å². The molecular formula is C21H21NO5. The summed E-state index contributed by atoms with van der Waals surface area (Å²) >= 11 is 0. The number of hydrogen-bond donors (Lipinski definition) is 3.